The smallest absolute Gasteiger partial charge is 0.257 e. The highest BCUT2D eigenvalue weighted by Crippen LogP contribution is 2.16. The van der Waals surface area contributed by atoms with Gasteiger partial charge < -0.3 is 19.9 Å². The molecular formula is C15H19ClN4O3. The molecule has 2 heterocycles. The molecule has 1 amide bonds. The van der Waals surface area contributed by atoms with E-state index in [1.54, 1.807) is 0 Å². The Hall–Kier alpha value is -1.96. The lowest BCUT2D eigenvalue weighted by Crippen LogP contribution is -2.33. The highest BCUT2D eigenvalue weighted by Gasteiger charge is 2.22. The second-order valence-corrected chi connectivity index (χ2v) is 5.20. The van der Waals surface area contributed by atoms with E-state index in [-0.39, 0.29) is 30.8 Å². The van der Waals surface area contributed by atoms with Gasteiger partial charge in [0.1, 0.15) is 6.10 Å². The van der Waals surface area contributed by atoms with Gasteiger partial charge in [0.25, 0.3) is 5.89 Å². The summed E-state index contributed by atoms with van der Waals surface area (Å²) in [6.07, 6.45) is -0.174. The number of anilines is 1. The van der Waals surface area contributed by atoms with E-state index in [9.17, 15) is 4.79 Å². The molecule has 23 heavy (non-hydrogen) atoms. The quantitative estimate of drug-likeness (QED) is 0.881. The second kappa shape index (κ2) is 8.05. The number of nitrogens with zero attached hydrogens (tertiary/aromatic N) is 2. The van der Waals surface area contributed by atoms with Gasteiger partial charge in [0.2, 0.25) is 5.91 Å². The molecule has 124 valence electrons. The Labute approximate surface area is 140 Å². The molecule has 1 aliphatic heterocycles. The van der Waals surface area contributed by atoms with E-state index < -0.39 is 0 Å². The Bertz CT molecular complexity index is 638. The second-order valence-electron chi connectivity index (χ2n) is 5.20. The molecule has 0 unspecified atom stereocenters. The number of carbonyl (C=O) groups excluding carboxylic acids is 1. The van der Waals surface area contributed by atoms with Gasteiger partial charge in [0.15, 0.2) is 5.82 Å². The highest BCUT2D eigenvalue weighted by molar-refractivity contribution is 5.91. The predicted octanol–water partition coefficient (Wildman–Crippen LogP) is 1.64. The lowest BCUT2D eigenvalue weighted by atomic mass is 10.2. The number of benzene rings is 1. The minimum absolute atomic E-state index is 0. The van der Waals surface area contributed by atoms with Gasteiger partial charge in [-0.3, -0.25) is 4.79 Å². The molecule has 2 aromatic rings. The van der Waals surface area contributed by atoms with Crippen LogP contribution >= 0.6 is 12.4 Å². The van der Waals surface area contributed by atoms with Crippen LogP contribution in [0, 0.1) is 6.92 Å². The highest BCUT2D eigenvalue weighted by atomic mass is 35.5. The molecule has 7 nitrogen and oxygen atoms in total. The fraction of sp³-hybridized carbons (Fsp3) is 0.400. The lowest BCUT2D eigenvalue weighted by Gasteiger charge is -2.19. The summed E-state index contributed by atoms with van der Waals surface area (Å²) in [7, 11) is 0. The zero-order valence-electron chi connectivity index (χ0n) is 12.7. The van der Waals surface area contributed by atoms with Gasteiger partial charge in [-0.25, -0.2) is 0 Å². The van der Waals surface area contributed by atoms with Crippen molar-refractivity contribution in [2.45, 2.75) is 19.4 Å². The van der Waals surface area contributed by atoms with Crippen molar-refractivity contribution in [3.05, 3.63) is 41.5 Å². The number of aryl methyl sites for hydroxylation is 1. The van der Waals surface area contributed by atoms with Crippen molar-refractivity contribution in [3.63, 3.8) is 0 Å². The molecule has 1 aromatic heterocycles. The van der Waals surface area contributed by atoms with Crippen molar-refractivity contribution >= 4 is 24.0 Å². The first kappa shape index (κ1) is 17.4. The molecule has 0 spiro atoms. The van der Waals surface area contributed by atoms with Crippen LogP contribution in [0.1, 0.15) is 23.4 Å². The predicted molar refractivity (Wildman–Crippen MR) is 86.6 cm³/mol. The van der Waals surface area contributed by atoms with Gasteiger partial charge in [-0.15, -0.1) is 12.4 Å². The van der Waals surface area contributed by atoms with Crippen LogP contribution in [0.4, 0.5) is 5.69 Å². The molecule has 2 N–H and O–H groups in total. The first-order valence-electron chi connectivity index (χ1n) is 7.22. The largest absolute Gasteiger partial charge is 0.366 e. The SMILES string of the molecule is Cc1ccc(NC(=O)Cc2noc([C@@H]3CNCCO3)n2)cc1.Cl. The molecule has 1 fully saturated rings. The topological polar surface area (TPSA) is 89.3 Å². The molecule has 8 heteroatoms. The Morgan fingerprint density at radius 1 is 1.39 bits per heavy atom. The van der Waals surface area contributed by atoms with Crippen molar-refractivity contribution in [1.82, 2.24) is 15.5 Å². The molecule has 0 saturated carbocycles. The fourth-order valence-corrected chi connectivity index (χ4v) is 2.18. The molecule has 1 aromatic carbocycles. The molecule has 0 radical (unpaired) electrons. The summed E-state index contributed by atoms with van der Waals surface area (Å²) < 4.78 is 10.7. The average molecular weight is 339 g/mol. The summed E-state index contributed by atoms with van der Waals surface area (Å²) in [6.45, 7) is 4.05. The van der Waals surface area contributed by atoms with E-state index in [1.165, 1.54) is 0 Å². The van der Waals surface area contributed by atoms with Crippen LogP contribution in [0.3, 0.4) is 0 Å². The van der Waals surface area contributed by atoms with Crippen LogP contribution in [0.15, 0.2) is 28.8 Å². The van der Waals surface area contributed by atoms with Crippen molar-refractivity contribution in [1.29, 1.82) is 0 Å². The minimum atomic E-state index is -0.241. The summed E-state index contributed by atoms with van der Waals surface area (Å²) in [5.74, 6) is 0.581. The van der Waals surface area contributed by atoms with Gasteiger partial charge in [-0.1, -0.05) is 22.9 Å². The van der Waals surface area contributed by atoms with E-state index in [1.807, 2.05) is 31.2 Å². The third kappa shape index (κ3) is 4.75. The van der Waals surface area contributed by atoms with E-state index in [0.29, 0.717) is 24.9 Å². The van der Waals surface area contributed by atoms with Crippen LogP contribution in [-0.4, -0.2) is 35.7 Å². The summed E-state index contributed by atoms with van der Waals surface area (Å²) in [5.41, 5.74) is 1.89. The number of nitrogens with one attached hydrogen (secondary N) is 2. The fourth-order valence-electron chi connectivity index (χ4n) is 2.18. The maximum atomic E-state index is 12.0. The minimum Gasteiger partial charge on any atom is -0.366 e. The molecular weight excluding hydrogens is 320 g/mol. The Kier molecular flexibility index (Phi) is 6.09. The number of hydrogen-bond donors (Lipinski definition) is 2. The standard InChI is InChI=1S/C15H18N4O3.ClH/c1-10-2-4-11(5-3-10)17-14(20)8-13-18-15(22-19-13)12-9-16-6-7-21-12;/h2-5,12,16H,6-9H2,1H3,(H,17,20);1H/t12-;/m0./s1. The number of morpholine rings is 1. The molecule has 1 aliphatic rings. The number of aromatic nitrogens is 2. The number of rotatable bonds is 4. The van der Waals surface area contributed by atoms with Gasteiger partial charge in [0.05, 0.1) is 13.0 Å². The molecule has 0 aliphatic carbocycles. The zero-order chi connectivity index (χ0) is 15.4. The van der Waals surface area contributed by atoms with Crippen LogP contribution < -0.4 is 10.6 Å². The summed E-state index contributed by atoms with van der Waals surface area (Å²) in [5, 5.41) is 9.82. The molecule has 0 bridgehead atoms. The van der Waals surface area contributed by atoms with Crippen molar-refractivity contribution < 1.29 is 14.1 Å². The number of amides is 1. The van der Waals surface area contributed by atoms with E-state index in [4.69, 9.17) is 9.26 Å². The van der Waals surface area contributed by atoms with E-state index in [0.717, 1.165) is 17.8 Å². The molecule has 1 saturated heterocycles. The third-order valence-electron chi connectivity index (χ3n) is 3.34. The van der Waals surface area contributed by atoms with Crippen molar-refractivity contribution in [2.24, 2.45) is 0 Å². The van der Waals surface area contributed by atoms with E-state index in [2.05, 4.69) is 20.8 Å². The van der Waals surface area contributed by atoms with Crippen molar-refractivity contribution in [2.75, 3.05) is 25.0 Å². The Balaban J connectivity index is 0.00000192. The van der Waals surface area contributed by atoms with Gasteiger partial charge in [0, 0.05) is 18.8 Å². The first-order chi connectivity index (χ1) is 10.7. The van der Waals surface area contributed by atoms with Crippen LogP contribution in [0.25, 0.3) is 0 Å². The summed E-state index contributed by atoms with van der Waals surface area (Å²) in [4.78, 5) is 16.2. The van der Waals surface area contributed by atoms with Crippen LogP contribution in [-0.2, 0) is 16.0 Å². The van der Waals surface area contributed by atoms with E-state index >= 15 is 0 Å². The normalized spacial score (nSPS) is 17.3. The first-order valence-corrected chi connectivity index (χ1v) is 7.22. The monoisotopic (exact) mass is 338 g/mol. The Morgan fingerprint density at radius 3 is 2.87 bits per heavy atom. The van der Waals surface area contributed by atoms with Crippen LogP contribution in [0.2, 0.25) is 0 Å². The molecule has 3 rings (SSSR count). The zero-order valence-corrected chi connectivity index (χ0v) is 13.6. The number of halogens is 1. The Morgan fingerprint density at radius 2 is 2.17 bits per heavy atom. The molecule has 1 atom stereocenters. The maximum absolute atomic E-state index is 12.0. The van der Waals surface area contributed by atoms with Crippen LogP contribution in [0.5, 0.6) is 0 Å². The maximum Gasteiger partial charge on any atom is 0.257 e. The lowest BCUT2D eigenvalue weighted by molar-refractivity contribution is -0.115. The number of carbonyl (C=O) groups is 1. The third-order valence-corrected chi connectivity index (χ3v) is 3.34. The van der Waals surface area contributed by atoms with Gasteiger partial charge >= 0.3 is 0 Å². The summed E-state index contributed by atoms with van der Waals surface area (Å²) >= 11 is 0. The summed E-state index contributed by atoms with van der Waals surface area (Å²) in [6, 6.07) is 7.60. The number of ether oxygens (including phenoxy) is 1. The number of hydrogen-bond acceptors (Lipinski definition) is 6. The van der Waals surface area contributed by atoms with Crippen molar-refractivity contribution in [3.8, 4) is 0 Å². The van der Waals surface area contributed by atoms with Gasteiger partial charge in [-0.05, 0) is 19.1 Å². The average Bonchev–Trinajstić information content (AvgIpc) is 2.99. The van der Waals surface area contributed by atoms with Gasteiger partial charge in [-0.2, -0.15) is 4.98 Å².